The van der Waals surface area contributed by atoms with E-state index in [0.29, 0.717) is 12.7 Å². The second-order valence-electron chi connectivity index (χ2n) is 4.97. The first-order valence-corrected chi connectivity index (χ1v) is 7.00. The standard InChI is InChI=1S/C15H24N2O2/c1-3-18-14-6-4-5-13(9-14)10-16-11-15-12-17(2)7-8-19-15/h4-6,9,15-16H,3,7-8,10-12H2,1-2H3. The van der Waals surface area contributed by atoms with Gasteiger partial charge in [-0.15, -0.1) is 0 Å². The number of rotatable bonds is 6. The van der Waals surface area contributed by atoms with E-state index in [2.05, 4.69) is 29.4 Å². The molecular weight excluding hydrogens is 240 g/mol. The van der Waals surface area contributed by atoms with E-state index in [1.54, 1.807) is 0 Å². The zero-order valence-corrected chi connectivity index (χ0v) is 11.9. The zero-order chi connectivity index (χ0) is 13.5. The molecule has 1 aromatic carbocycles. The Balaban J connectivity index is 1.74. The van der Waals surface area contributed by atoms with Crippen LogP contribution in [-0.2, 0) is 11.3 Å². The Morgan fingerprint density at radius 3 is 3.16 bits per heavy atom. The number of hydrogen-bond donors (Lipinski definition) is 1. The van der Waals surface area contributed by atoms with Crippen molar-refractivity contribution in [3.63, 3.8) is 0 Å². The lowest BCUT2D eigenvalue weighted by Crippen LogP contribution is -2.44. The molecule has 1 aromatic rings. The van der Waals surface area contributed by atoms with E-state index in [0.717, 1.165) is 38.5 Å². The molecule has 1 atom stereocenters. The minimum Gasteiger partial charge on any atom is -0.494 e. The third-order valence-electron chi connectivity index (χ3n) is 3.25. The van der Waals surface area contributed by atoms with E-state index in [9.17, 15) is 0 Å². The highest BCUT2D eigenvalue weighted by atomic mass is 16.5. The van der Waals surface area contributed by atoms with Gasteiger partial charge in [-0.2, -0.15) is 0 Å². The van der Waals surface area contributed by atoms with Crippen molar-refractivity contribution in [3.05, 3.63) is 29.8 Å². The van der Waals surface area contributed by atoms with Crippen LogP contribution in [0.15, 0.2) is 24.3 Å². The van der Waals surface area contributed by atoms with Gasteiger partial charge in [-0.3, -0.25) is 0 Å². The number of nitrogens with zero attached hydrogens (tertiary/aromatic N) is 1. The summed E-state index contributed by atoms with van der Waals surface area (Å²) in [7, 11) is 2.14. The Labute approximate surface area is 115 Å². The van der Waals surface area contributed by atoms with Crippen molar-refractivity contribution in [3.8, 4) is 5.75 Å². The van der Waals surface area contributed by atoms with Gasteiger partial charge in [0.15, 0.2) is 0 Å². The second-order valence-corrected chi connectivity index (χ2v) is 4.97. The third kappa shape index (κ3) is 4.82. The molecule has 0 bridgehead atoms. The summed E-state index contributed by atoms with van der Waals surface area (Å²) in [5, 5.41) is 3.45. The summed E-state index contributed by atoms with van der Waals surface area (Å²) in [6.07, 6.45) is 0.300. The third-order valence-corrected chi connectivity index (χ3v) is 3.25. The topological polar surface area (TPSA) is 33.7 Å². The summed E-state index contributed by atoms with van der Waals surface area (Å²) in [5.41, 5.74) is 1.25. The highest BCUT2D eigenvalue weighted by molar-refractivity contribution is 5.28. The summed E-state index contributed by atoms with van der Waals surface area (Å²) >= 11 is 0. The van der Waals surface area contributed by atoms with Gasteiger partial charge in [0.25, 0.3) is 0 Å². The van der Waals surface area contributed by atoms with Gasteiger partial charge in [0.05, 0.1) is 19.3 Å². The molecule has 0 amide bonds. The van der Waals surface area contributed by atoms with Crippen molar-refractivity contribution < 1.29 is 9.47 Å². The summed E-state index contributed by atoms with van der Waals surface area (Å²) in [6, 6.07) is 8.23. The number of likely N-dealkylation sites (N-methyl/N-ethyl adjacent to an activating group) is 1. The van der Waals surface area contributed by atoms with E-state index in [4.69, 9.17) is 9.47 Å². The van der Waals surface area contributed by atoms with Crippen molar-refractivity contribution in [1.82, 2.24) is 10.2 Å². The fourth-order valence-electron chi connectivity index (χ4n) is 2.28. The van der Waals surface area contributed by atoms with Crippen LogP contribution in [0.2, 0.25) is 0 Å². The summed E-state index contributed by atoms with van der Waals surface area (Å²) in [4.78, 5) is 2.31. The lowest BCUT2D eigenvalue weighted by atomic mass is 10.2. The molecule has 0 saturated carbocycles. The van der Waals surface area contributed by atoms with Gasteiger partial charge >= 0.3 is 0 Å². The molecule has 4 heteroatoms. The molecule has 1 heterocycles. The van der Waals surface area contributed by atoms with E-state index >= 15 is 0 Å². The molecule has 19 heavy (non-hydrogen) atoms. The molecule has 2 rings (SSSR count). The van der Waals surface area contributed by atoms with Crippen LogP contribution in [-0.4, -0.2) is 50.9 Å². The largest absolute Gasteiger partial charge is 0.494 e. The Bertz CT molecular complexity index is 384. The van der Waals surface area contributed by atoms with Crippen LogP contribution in [0.4, 0.5) is 0 Å². The normalized spacial score (nSPS) is 20.4. The Morgan fingerprint density at radius 2 is 2.37 bits per heavy atom. The van der Waals surface area contributed by atoms with Crippen LogP contribution >= 0.6 is 0 Å². The van der Waals surface area contributed by atoms with Crippen molar-refractivity contribution in [2.24, 2.45) is 0 Å². The fraction of sp³-hybridized carbons (Fsp3) is 0.600. The maximum atomic E-state index is 5.72. The van der Waals surface area contributed by atoms with Gasteiger partial charge in [-0.05, 0) is 31.7 Å². The van der Waals surface area contributed by atoms with Gasteiger partial charge in [0.1, 0.15) is 5.75 Å². The van der Waals surface area contributed by atoms with E-state index in [1.165, 1.54) is 5.56 Å². The molecule has 1 N–H and O–H groups in total. The van der Waals surface area contributed by atoms with Crippen LogP contribution < -0.4 is 10.1 Å². The lowest BCUT2D eigenvalue weighted by molar-refractivity contribution is -0.0182. The van der Waals surface area contributed by atoms with Crippen LogP contribution in [0, 0.1) is 0 Å². The van der Waals surface area contributed by atoms with E-state index in [1.807, 2.05) is 19.1 Å². The first-order valence-electron chi connectivity index (χ1n) is 7.00. The monoisotopic (exact) mass is 264 g/mol. The predicted molar refractivity (Wildman–Crippen MR) is 76.6 cm³/mol. The molecule has 1 aliphatic heterocycles. The van der Waals surface area contributed by atoms with Gasteiger partial charge in [-0.1, -0.05) is 12.1 Å². The number of ether oxygens (including phenoxy) is 2. The van der Waals surface area contributed by atoms with Crippen molar-refractivity contribution in [2.45, 2.75) is 19.6 Å². The van der Waals surface area contributed by atoms with Crippen LogP contribution in [0.25, 0.3) is 0 Å². The van der Waals surface area contributed by atoms with Gasteiger partial charge < -0.3 is 19.7 Å². The van der Waals surface area contributed by atoms with Crippen LogP contribution in [0.5, 0.6) is 5.75 Å². The van der Waals surface area contributed by atoms with Gasteiger partial charge in [0.2, 0.25) is 0 Å². The second kappa shape index (κ2) is 7.48. The minimum absolute atomic E-state index is 0.300. The number of hydrogen-bond acceptors (Lipinski definition) is 4. The molecule has 0 radical (unpaired) electrons. The highest BCUT2D eigenvalue weighted by Crippen LogP contribution is 2.13. The molecule has 1 unspecified atom stereocenters. The van der Waals surface area contributed by atoms with Crippen molar-refractivity contribution in [2.75, 3.05) is 39.9 Å². The minimum atomic E-state index is 0.300. The molecule has 0 spiro atoms. The SMILES string of the molecule is CCOc1cccc(CNCC2CN(C)CCO2)c1. The average Bonchev–Trinajstić information content (AvgIpc) is 2.40. The molecule has 1 fully saturated rings. The van der Waals surface area contributed by atoms with Gasteiger partial charge in [0, 0.05) is 26.2 Å². The maximum Gasteiger partial charge on any atom is 0.119 e. The van der Waals surface area contributed by atoms with E-state index in [-0.39, 0.29) is 0 Å². The first kappa shape index (κ1) is 14.3. The average molecular weight is 264 g/mol. The summed E-state index contributed by atoms with van der Waals surface area (Å²) < 4.78 is 11.2. The summed E-state index contributed by atoms with van der Waals surface area (Å²) in [6.45, 7) is 7.33. The van der Waals surface area contributed by atoms with Gasteiger partial charge in [-0.25, -0.2) is 0 Å². The number of morpholine rings is 1. The molecule has 4 nitrogen and oxygen atoms in total. The van der Waals surface area contributed by atoms with Crippen LogP contribution in [0.3, 0.4) is 0 Å². The Kier molecular flexibility index (Phi) is 5.63. The Hall–Kier alpha value is -1.10. The number of nitrogens with one attached hydrogen (secondary N) is 1. The first-order chi connectivity index (χ1) is 9.28. The van der Waals surface area contributed by atoms with Crippen molar-refractivity contribution in [1.29, 1.82) is 0 Å². The molecule has 1 aliphatic rings. The Morgan fingerprint density at radius 1 is 1.47 bits per heavy atom. The maximum absolute atomic E-state index is 5.72. The molecule has 0 aromatic heterocycles. The van der Waals surface area contributed by atoms with Crippen molar-refractivity contribution >= 4 is 0 Å². The smallest absolute Gasteiger partial charge is 0.119 e. The fourth-order valence-corrected chi connectivity index (χ4v) is 2.28. The zero-order valence-electron chi connectivity index (χ0n) is 11.9. The van der Waals surface area contributed by atoms with Crippen LogP contribution in [0.1, 0.15) is 12.5 Å². The van der Waals surface area contributed by atoms with E-state index < -0.39 is 0 Å². The predicted octanol–water partition coefficient (Wildman–Crippen LogP) is 1.51. The lowest BCUT2D eigenvalue weighted by Gasteiger charge is -2.30. The highest BCUT2D eigenvalue weighted by Gasteiger charge is 2.16. The summed E-state index contributed by atoms with van der Waals surface area (Å²) in [5.74, 6) is 0.940. The number of benzene rings is 1. The molecule has 106 valence electrons. The molecule has 0 aliphatic carbocycles. The quantitative estimate of drug-likeness (QED) is 0.844. The molecule has 1 saturated heterocycles. The molecular formula is C15H24N2O2.